The molecule has 8 nitrogen and oxygen atoms in total. The second kappa shape index (κ2) is 7.85. The molecular formula is C24H26N6O2. The summed E-state index contributed by atoms with van der Waals surface area (Å²) in [7, 11) is 3.51. The van der Waals surface area contributed by atoms with Crippen molar-refractivity contribution in [3.05, 3.63) is 41.3 Å². The number of carbonyl (C=O) groups is 1. The minimum atomic E-state index is 0.214. The molecule has 32 heavy (non-hydrogen) atoms. The minimum Gasteiger partial charge on any atom is -0.494 e. The summed E-state index contributed by atoms with van der Waals surface area (Å²) in [5, 5.41) is 11.9. The largest absolute Gasteiger partial charge is 0.494 e. The number of carbonyl (C=O) groups excluding carboxylic acids is 1. The predicted molar refractivity (Wildman–Crippen MR) is 123 cm³/mol. The molecule has 0 atom stereocenters. The van der Waals surface area contributed by atoms with Crippen LogP contribution in [0.1, 0.15) is 36.8 Å². The molecule has 2 aromatic heterocycles. The van der Waals surface area contributed by atoms with Gasteiger partial charge in [0.05, 0.1) is 35.6 Å². The maximum absolute atomic E-state index is 12.4. The number of benzene rings is 1. The monoisotopic (exact) mass is 430 g/mol. The van der Waals surface area contributed by atoms with Crippen LogP contribution in [0.2, 0.25) is 0 Å². The van der Waals surface area contributed by atoms with E-state index in [0.29, 0.717) is 18.6 Å². The van der Waals surface area contributed by atoms with Gasteiger partial charge >= 0.3 is 0 Å². The van der Waals surface area contributed by atoms with Gasteiger partial charge in [-0.1, -0.05) is 11.3 Å². The van der Waals surface area contributed by atoms with Crippen molar-refractivity contribution in [2.75, 3.05) is 12.4 Å². The average molecular weight is 431 g/mol. The van der Waals surface area contributed by atoms with Gasteiger partial charge in [-0.25, -0.2) is 0 Å². The van der Waals surface area contributed by atoms with Crippen LogP contribution in [0.5, 0.6) is 5.75 Å². The molecule has 0 radical (unpaired) electrons. The van der Waals surface area contributed by atoms with Crippen LogP contribution in [0, 0.1) is 12.8 Å². The van der Waals surface area contributed by atoms with Crippen molar-refractivity contribution in [3.63, 3.8) is 0 Å². The van der Waals surface area contributed by atoms with E-state index in [1.165, 1.54) is 0 Å². The van der Waals surface area contributed by atoms with Crippen molar-refractivity contribution >= 4 is 28.6 Å². The van der Waals surface area contributed by atoms with Crippen molar-refractivity contribution in [3.8, 4) is 17.0 Å². The third-order valence-electron chi connectivity index (χ3n) is 6.08. The fraction of sp³-hybridized carbons (Fsp3) is 0.375. The normalized spacial score (nSPS) is 14.8. The summed E-state index contributed by atoms with van der Waals surface area (Å²) in [6.07, 6.45) is 3.07. The van der Waals surface area contributed by atoms with E-state index in [9.17, 15) is 4.79 Å². The topological polar surface area (TPSA) is 94.3 Å². The summed E-state index contributed by atoms with van der Waals surface area (Å²) in [6, 6.07) is 7.84. The number of fused-ring (bicyclic) bond motifs is 1. The molecule has 3 aromatic rings. The van der Waals surface area contributed by atoms with Gasteiger partial charge in [0.15, 0.2) is 5.75 Å². The quantitative estimate of drug-likeness (QED) is 0.606. The van der Waals surface area contributed by atoms with Gasteiger partial charge in [-0.15, -0.1) is 5.10 Å². The number of nitrogens with one attached hydrogen (secondary N) is 1. The average Bonchev–Trinajstić information content (AvgIpc) is 3.48. The summed E-state index contributed by atoms with van der Waals surface area (Å²) in [5.41, 5.74) is 7.74. The standard InChI is InChI=1S/C24H26N6O2/c1-13-10-19-23(25-13)20(11-16(26-19)12-21(31)15-8-9-15)27-18-7-5-6-17(24(18)32-4)22-14(2)30(3)29-28-22/h5-7,11,15H,8-10,12H2,1-4H3,(H,26,27). The van der Waals surface area contributed by atoms with Gasteiger partial charge in [0, 0.05) is 37.1 Å². The highest BCUT2D eigenvalue weighted by Crippen LogP contribution is 2.42. The van der Waals surface area contributed by atoms with E-state index in [4.69, 9.17) is 14.7 Å². The first-order valence-corrected chi connectivity index (χ1v) is 10.8. The molecule has 0 saturated heterocycles. The first-order valence-electron chi connectivity index (χ1n) is 10.8. The number of hydrogen-bond acceptors (Lipinski definition) is 7. The second-order valence-corrected chi connectivity index (χ2v) is 8.56. The Bertz CT molecular complexity index is 1260. The number of aliphatic imine (C=N–C) groups is 1. The minimum absolute atomic E-state index is 0.214. The van der Waals surface area contributed by atoms with Gasteiger partial charge in [-0.2, -0.15) is 0 Å². The zero-order valence-corrected chi connectivity index (χ0v) is 18.8. The van der Waals surface area contributed by atoms with Crippen LogP contribution < -0.4 is 10.1 Å². The molecule has 1 N–H and O–H groups in total. The van der Waals surface area contributed by atoms with Gasteiger partial charge in [0.25, 0.3) is 0 Å². The van der Waals surface area contributed by atoms with Gasteiger partial charge in [0.2, 0.25) is 0 Å². The Morgan fingerprint density at radius 1 is 1.25 bits per heavy atom. The lowest BCUT2D eigenvalue weighted by Gasteiger charge is -2.16. The SMILES string of the molecule is COc1c(Nc2cc(CC(=O)C3CC3)nc3c2N=C(C)C3)cccc1-c1nnn(C)c1C. The van der Waals surface area contributed by atoms with Gasteiger partial charge in [-0.05, 0) is 44.9 Å². The Labute approximate surface area is 186 Å². The first-order chi connectivity index (χ1) is 15.4. The number of rotatable bonds is 7. The highest BCUT2D eigenvalue weighted by Gasteiger charge is 2.30. The highest BCUT2D eigenvalue weighted by atomic mass is 16.5. The molecule has 0 unspecified atom stereocenters. The maximum atomic E-state index is 12.4. The highest BCUT2D eigenvalue weighted by molar-refractivity contribution is 5.96. The van der Waals surface area contributed by atoms with Crippen molar-refractivity contribution in [1.82, 2.24) is 20.0 Å². The summed E-state index contributed by atoms with van der Waals surface area (Å²) in [5.74, 6) is 1.17. The van der Waals surface area contributed by atoms with Crippen molar-refractivity contribution in [2.24, 2.45) is 18.0 Å². The number of ether oxygens (including phenoxy) is 1. The zero-order chi connectivity index (χ0) is 22.4. The van der Waals surface area contributed by atoms with Gasteiger partial charge < -0.3 is 10.1 Å². The summed E-state index contributed by atoms with van der Waals surface area (Å²) < 4.78 is 7.54. The van der Waals surface area contributed by atoms with Crippen LogP contribution in [-0.2, 0) is 24.7 Å². The molecule has 2 aliphatic rings. The summed E-state index contributed by atoms with van der Waals surface area (Å²) in [6.45, 7) is 3.98. The number of ketones is 1. The number of methoxy groups -OCH3 is 1. The van der Waals surface area contributed by atoms with E-state index >= 15 is 0 Å². The molecule has 3 heterocycles. The Balaban J connectivity index is 1.55. The van der Waals surface area contributed by atoms with E-state index in [0.717, 1.165) is 64.0 Å². The fourth-order valence-electron chi connectivity index (χ4n) is 4.12. The van der Waals surface area contributed by atoms with Gasteiger partial charge in [-0.3, -0.25) is 19.5 Å². The Hall–Kier alpha value is -3.55. The number of aryl methyl sites for hydroxylation is 1. The Kier molecular flexibility index (Phi) is 5.00. The van der Waals surface area contributed by atoms with Crippen molar-refractivity contribution in [1.29, 1.82) is 0 Å². The zero-order valence-electron chi connectivity index (χ0n) is 18.8. The molecule has 5 rings (SSSR count). The fourth-order valence-corrected chi connectivity index (χ4v) is 4.12. The van der Waals surface area contributed by atoms with Crippen LogP contribution in [-0.4, -0.2) is 38.6 Å². The number of pyridine rings is 1. The van der Waals surface area contributed by atoms with Crippen molar-refractivity contribution in [2.45, 2.75) is 39.5 Å². The number of aromatic nitrogens is 4. The molecule has 8 heteroatoms. The van der Waals surface area contributed by atoms with E-state index in [-0.39, 0.29) is 11.7 Å². The number of anilines is 2. The van der Waals surface area contributed by atoms with E-state index < -0.39 is 0 Å². The van der Waals surface area contributed by atoms with Crippen LogP contribution in [0.3, 0.4) is 0 Å². The summed E-state index contributed by atoms with van der Waals surface area (Å²) >= 11 is 0. The third-order valence-corrected chi connectivity index (χ3v) is 6.08. The van der Waals surface area contributed by atoms with Crippen molar-refractivity contribution < 1.29 is 9.53 Å². The molecular weight excluding hydrogens is 404 g/mol. The molecule has 1 aliphatic heterocycles. The number of para-hydroxylation sites is 1. The van der Waals surface area contributed by atoms with Crippen LogP contribution in [0.25, 0.3) is 11.3 Å². The Morgan fingerprint density at radius 2 is 2.06 bits per heavy atom. The Morgan fingerprint density at radius 3 is 2.75 bits per heavy atom. The third kappa shape index (κ3) is 3.66. The number of nitrogens with zero attached hydrogens (tertiary/aromatic N) is 5. The first kappa shape index (κ1) is 20.4. The van der Waals surface area contributed by atoms with Gasteiger partial charge in [0.1, 0.15) is 17.2 Å². The number of Topliss-reactive ketones (excluding diaryl/α,β-unsaturated/α-hetero) is 1. The smallest absolute Gasteiger partial charge is 0.151 e. The van der Waals surface area contributed by atoms with Crippen LogP contribution >= 0.6 is 0 Å². The lowest BCUT2D eigenvalue weighted by atomic mass is 10.1. The van der Waals surface area contributed by atoms with Crippen LogP contribution in [0.4, 0.5) is 17.1 Å². The molecule has 0 spiro atoms. The summed E-state index contributed by atoms with van der Waals surface area (Å²) in [4.78, 5) is 21.9. The van der Waals surface area contributed by atoms with Crippen LogP contribution in [0.15, 0.2) is 29.3 Å². The van der Waals surface area contributed by atoms with E-state index in [1.807, 2.05) is 45.2 Å². The number of hydrogen-bond donors (Lipinski definition) is 1. The molecule has 1 saturated carbocycles. The molecule has 1 aliphatic carbocycles. The molecule has 0 amide bonds. The molecule has 1 fully saturated rings. The molecule has 0 bridgehead atoms. The second-order valence-electron chi connectivity index (χ2n) is 8.56. The molecule has 1 aromatic carbocycles. The lowest BCUT2D eigenvalue weighted by Crippen LogP contribution is -2.08. The maximum Gasteiger partial charge on any atom is 0.151 e. The van der Waals surface area contributed by atoms with E-state index in [2.05, 4.69) is 15.6 Å². The predicted octanol–water partition coefficient (Wildman–Crippen LogP) is 4.11. The van der Waals surface area contributed by atoms with E-state index in [1.54, 1.807) is 11.8 Å². The lowest BCUT2D eigenvalue weighted by molar-refractivity contribution is -0.119. The molecule has 164 valence electrons.